The van der Waals surface area contributed by atoms with E-state index in [4.69, 9.17) is 26.8 Å². The number of hydrogen-bond donors (Lipinski definition) is 3. The fraction of sp³-hybridized carbons (Fsp3) is 0. The highest BCUT2D eigenvalue weighted by atomic mass is 35.5. The lowest BCUT2D eigenvalue weighted by Gasteiger charge is -2.04. The Morgan fingerprint density at radius 3 is 2.42 bits per heavy atom. The second-order valence-corrected chi connectivity index (χ2v) is 2.55. The van der Waals surface area contributed by atoms with E-state index in [0.717, 1.165) is 12.1 Å². The van der Waals surface area contributed by atoms with Crippen molar-refractivity contribution in [3.05, 3.63) is 23.0 Å². The van der Waals surface area contributed by atoms with E-state index in [2.05, 4.69) is 0 Å². The second kappa shape index (κ2) is 3.31. The van der Waals surface area contributed by atoms with Crippen LogP contribution in [-0.2, 0) is 0 Å². The molecule has 0 radical (unpaired) electrons. The molecule has 0 heterocycles. The van der Waals surface area contributed by atoms with Crippen LogP contribution in [0.2, 0.25) is 5.02 Å². The summed E-state index contributed by atoms with van der Waals surface area (Å²) in [5, 5.41) is 25.8. The van der Waals surface area contributed by atoms with Crippen molar-refractivity contribution in [1.82, 2.24) is 0 Å². The molecule has 0 atom stereocenters. The molecule has 0 spiro atoms. The molecule has 3 N–H and O–H groups in total. The van der Waals surface area contributed by atoms with Crippen LogP contribution < -0.4 is 5.46 Å². The molecule has 12 heavy (non-hydrogen) atoms. The van der Waals surface area contributed by atoms with Gasteiger partial charge in [0.1, 0.15) is 0 Å². The molecule has 0 aliphatic rings. The van der Waals surface area contributed by atoms with Crippen LogP contribution in [0.25, 0.3) is 0 Å². The van der Waals surface area contributed by atoms with E-state index >= 15 is 0 Å². The first-order valence-electron chi connectivity index (χ1n) is 3.07. The van der Waals surface area contributed by atoms with Crippen molar-refractivity contribution < 1.29 is 19.5 Å². The molecule has 64 valence electrons. The van der Waals surface area contributed by atoms with Gasteiger partial charge >= 0.3 is 7.12 Å². The van der Waals surface area contributed by atoms with Crippen molar-refractivity contribution >= 4 is 24.2 Å². The lowest BCUT2D eigenvalue weighted by molar-refractivity contribution is 0.420. The SMILES string of the molecule is OB(O)c1ccc(F)c(O)c1Cl. The number of hydrogen-bond acceptors (Lipinski definition) is 3. The smallest absolute Gasteiger partial charge is 0.490 e. The molecule has 6 heteroatoms. The molecule has 0 aliphatic carbocycles. The van der Waals surface area contributed by atoms with Gasteiger partial charge in [-0.25, -0.2) is 4.39 Å². The van der Waals surface area contributed by atoms with Gasteiger partial charge < -0.3 is 15.2 Å². The van der Waals surface area contributed by atoms with Crippen molar-refractivity contribution in [3.63, 3.8) is 0 Å². The molecule has 1 aromatic rings. The number of halogens is 2. The van der Waals surface area contributed by atoms with Gasteiger partial charge in [0.25, 0.3) is 0 Å². The summed E-state index contributed by atoms with van der Waals surface area (Å²) >= 11 is 5.38. The van der Waals surface area contributed by atoms with E-state index in [9.17, 15) is 4.39 Å². The molecular weight excluding hydrogens is 185 g/mol. The first-order valence-corrected chi connectivity index (χ1v) is 3.45. The van der Waals surface area contributed by atoms with Gasteiger partial charge in [0.2, 0.25) is 0 Å². The Hall–Kier alpha value is -0.775. The Morgan fingerprint density at radius 1 is 1.33 bits per heavy atom. The van der Waals surface area contributed by atoms with E-state index in [1.165, 1.54) is 0 Å². The van der Waals surface area contributed by atoms with Gasteiger partial charge in [0.15, 0.2) is 11.6 Å². The predicted molar refractivity (Wildman–Crippen MR) is 42.9 cm³/mol. The van der Waals surface area contributed by atoms with Gasteiger partial charge in [-0.15, -0.1) is 0 Å². The summed E-state index contributed by atoms with van der Waals surface area (Å²) in [7, 11) is -1.82. The van der Waals surface area contributed by atoms with Crippen molar-refractivity contribution in [3.8, 4) is 5.75 Å². The van der Waals surface area contributed by atoms with Crippen LogP contribution in [0.4, 0.5) is 4.39 Å². The molecule has 0 saturated carbocycles. The Kier molecular flexibility index (Phi) is 2.57. The Morgan fingerprint density at radius 2 is 1.92 bits per heavy atom. The third kappa shape index (κ3) is 1.53. The first kappa shape index (κ1) is 9.31. The van der Waals surface area contributed by atoms with Crippen molar-refractivity contribution in [2.45, 2.75) is 0 Å². The van der Waals surface area contributed by atoms with Crippen molar-refractivity contribution in [2.75, 3.05) is 0 Å². The fourth-order valence-electron chi connectivity index (χ4n) is 0.756. The van der Waals surface area contributed by atoms with Crippen molar-refractivity contribution in [1.29, 1.82) is 0 Å². The second-order valence-electron chi connectivity index (χ2n) is 2.17. The summed E-state index contributed by atoms with van der Waals surface area (Å²) in [6.07, 6.45) is 0. The number of rotatable bonds is 1. The normalized spacial score (nSPS) is 10.0. The number of benzene rings is 1. The Labute approximate surface area is 73.2 Å². The molecule has 0 amide bonds. The third-order valence-corrected chi connectivity index (χ3v) is 1.77. The third-order valence-electron chi connectivity index (χ3n) is 1.37. The fourth-order valence-corrected chi connectivity index (χ4v) is 1.01. The quantitative estimate of drug-likeness (QED) is 0.540. The average molecular weight is 190 g/mol. The highest BCUT2D eigenvalue weighted by Crippen LogP contribution is 2.23. The summed E-state index contributed by atoms with van der Waals surface area (Å²) < 4.78 is 12.5. The minimum absolute atomic E-state index is 0.129. The number of phenolic OH excluding ortho intramolecular Hbond substituents is 1. The van der Waals surface area contributed by atoms with Crippen LogP contribution in [0.1, 0.15) is 0 Å². The zero-order valence-electron chi connectivity index (χ0n) is 5.83. The Bertz CT molecular complexity index is 305. The molecule has 0 aliphatic heterocycles. The lowest BCUT2D eigenvalue weighted by atomic mass is 9.80. The van der Waals surface area contributed by atoms with E-state index in [1.807, 2.05) is 0 Å². The maximum absolute atomic E-state index is 12.5. The standard InChI is InChI=1S/C6H5BClFO3/c8-5-3(7(11)12)1-2-4(9)6(5)10/h1-2,10-12H. The van der Waals surface area contributed by atoms with Gasteiger partial charge in [-0.3, -0.25) is 0 Å². The molecule has 0 aromatic heterocycles. The van der Waals surface area contributed by atoms with Gasteiger partial charge in [0.05, 0.1) is 5.02 Å². The van der Waals surface area contributed by atoms with Crippen LogP contribution in [0, 0.1) is 5.82 Å². The van der Waals surface area contributed by atoms with E-state index in [-0.39, 0.29) is 10.5 Å². The van der Waals surface area contributed by atoms with Crippen molar-refractivity contribution in [2.24, 2.45) is 0 Å². The molecule has 0 fully saturated rings. The van der Waals surface area contributed by atoms with E-state index in [0.29, 0.717) is 0 Å². The topological polar surface area (TPSA) is 60.7 Å². The van der Waals surface area contributed by atoms with E-state index in [1.54, 1.807) is 0 Å². The van der Waals surface area contributed by atoms with Gasteiger partial charge in [-0.05, 0) is 6.07 Å². The Balaban J connectivity index is 3.27. The van der Waals surface area contributed by atoms with Gasteiger partial charge in [-0.2, -0.15) is 0 Å². The molecular formula is C6H5BClFO3. The van der Waals surface area contributed by atoms with Gasteiger partial charge in [-0.1, -0.05) is 17.7 Å². The molecule has 1 aromatic carbocycles. The van der Waals surface area contributed by atoms with Gasteiger partial charge in [0, 0.05) is 5.46 Å². The molecule has 1 rings (SSSR count). The first-order chi connectivity index (χ1) is 5.54. The zero-order valence-corrected chi connectivity index (χ0v) is 6.59. The summed E-state index contributed by atoms with van der Waals surface area (Å²) in [5.41, 5.74) is -0.129. The summed E-state index contributed by atoms with van der Waals surface area (Å²) in [6.45, 7) is 0. The number of phenols is 1. The highest BCUT2D eigenvalue weighted by Gasteiger charge is 2.19. The molecule has 0 bridgehead atoms. The van der Waals surface area contributed by atoms with E-state index < -0.39 is 18.7 Å². The average Bonchev–Trinajstić information content (AvgIpc) is 2.00. The van der Waals surface area contributed by atoms with Crippen LogP contribution in [0.3, 0.4) is 0 Å². The lowest BCUT2D eigenvalue weighted by Crippen LogP contribution is -2.30. The summed E-state index contributed by atoms with van der Waals surface area (Å²) in [6, 6.07) is 1.98. The van der Waals surface area contributed by atoms with Crippen LogP contribution >= 0.6 is 11.6 Å². The zero-order chi connectivity index (χ0) is 9.30. The molecule has 0 saturated heterocycles. The maximum Gasteiger partial charge on any atom is 0.490 e. The number of aromatic hydroxyl groups is 1. The summed E-state index contributed by atoms with van der Waals surface area (Å²) in [4.78, 5) is 0. The maximum atomic E-state index is 12.5. The summed E-state index contributed by atoms with van der Waals surface area (Å²) in [5.74, 6) is -1.67. The van der Waals surface area contributed by atoms with Crippen LogP contribution in [0.15, 0.2) is 12.1 Å². The molecule has 3 nitrogen and oxygen atoms in total. The largest absolute Gasteiger partial charge is 0.504 e. The molecule has 0 unspecified atom stereocenters. The minimum atomic E-state index is -1.82. The van der Waals surface area contributed by atoms with Crippen LogP contribution in [0.5, 0.6) is 5.75 Å². The minimum Gasteiger partial charge on any atom is -0.504 e. The highest BCUT2D eigenvalue weighted by molar-refractivity contribution is 6.63. The predicted octanol–water partition coefficient (Wildman–Crippen LogP) is -0.136. The van der Waals surface area contributed by atoms with Crippen LogP contribution in [-0.4, -0.2) is 22.3 Å². The monoisotopic (exact) mass is 190 g/mol.